The number of aliphatic hydroxyl groups excluding tert-OH is 5. The molecule has 0 saturated heterocycles. The van der Waals surface area contributed by atoms with Gasteiger partial charge in [0.2, 0.25) is 5.91 Å². The van der Waals surface area contributed by atoms with Gasteiger partial charge in [0.25, 0.3) is 11.8 Å². The van der Waals surface area contributed by atoms with Gasteiger partial charge in [0, 0.05) is 30.7 Å². The summed E-state index contributed by atoms with van der Waals surface area (Å²) < 4.78 is 5.83. The maximum atomic E-state index is 13.1. The molecule has 1 rings (SSSR count). The zero-order valence-electron chi connectivity index (χ0n) is 18.9. The Morgan fingerprint density at radius 2 is 1.29 bits per heavy atom. The molecule has 1 aromatic rings. The fraction of sp³-hybridized carbons (Fsp3) is 0.550. The largest absolute Gasteiger partial charge is 0.394 e. The van der Waals surface area contributed by atoms with Crippen molar-refractivity contribution >= 4 is 91.2 Å². The molecule has 0 unspecified atom stereocenters. The van der Waals surface area contributed by atoms with E-state index in [0.29, 0.717) is 7.14 Å². The van der Waals surface area contributed by atoms with E-state index in [0.717, 1.165) is 0 Å². The van der Waals surface area contributed by atoms with Gasteiger partial charge in [-0.15, -0.1) is 0 Å². The lowest BCUT2D eigenvalue weighted by Gasteiger charge is -2.29. The van der Waals surface area contributed by atoms with Gasteiger partial charge in [0.1, 0.15) is 0 Å². The van der Waals surface area contributed by atoms with E-state index in [1.807, 2.05) is 67.8 Å². The van der Waals surface area contributed by atoms with Crippen LogP contribution >= 0.6 is 67.8 Å². The Bertz CT molecular complexity index is 867. The van der Waals surface area contributed by atoms with Crippen LogP contribution in [0.15, 0.2) is 0 Å². The number of amides is 3. The van der Waals surface area contributed by atoms with Crippen LogP contribution in [-0.4, -0.2) is 108 Å². The van der Waals surface area contributed by atoms with Crippen molar-refractivity contribution < 1.29 is 44.7 Å². The Labute approximate surface area is 243 Å². The number of nitrogens with one attached hydrogen (secondary N) is 2. The first-order chi connectivity index (χ1) is 16.4. The van der Waals surface area contributed by atoms with E-state index < -0.39 is 49.2 Å². The summed E-state index contributed by atoms with van der Waals surface area (Å²) in [5.74, 6) is -1.77. The number of hydrogen-bond acceptors (Lipinski definition) is 9. The maximum absolute atomic E-state index is 13.1. The number of carbonyl (C=O) groups is 3. The van der Waals surface area contributed by atoms with E-state index >= 15 is 0 Å². The number of anilines is 1. The molecule has 1 aromatic carbocycles. The molecular weight excluding hydrogens is 807 g/mol. The first-order valence-electron chi connectivity index (χ1n) is 10.2. The highest BCUT2D eigenvalue weighted by molar-refractivity contribution is 14.1. The highest BCUT2D eigenvalue weighted by Gasteiger charge is 2.32. The number of nitrogens with zero attached hydrogens (tertiary/aromatic N) is 1. The summed E-state index contributed by atoms with van der Waals surface area (Å²) in [4.78, 5) is 40.0. The van der Waals surface area contributed by atoms with Gasteiger partial charge in [-0.2, -0.15) is 0 Å². The highest BCUT2D eigenvalue weighted by Crippen LogP contribution is 2.38. The van der Waals surface area contributed by atoms with E-state index in [2.05, 4.69) is 10.6 Å². The summed E-state index contributed by atoms with van der Waals surface area (Å²) in [6.07, 6.45) is -3.44. The molecule has 0 saturated carbocycles. The van der Waals surface area contributed by atoms with E-state index in [9.17, 15) is 29.7 Å². The van der Waals surface area contributed by atoms with Crippen LogP contribution in [0.2, 0.25) is 0 Å². The van der Waals surface area contributed by atoms with Crippen molar-refractivity contribution in [3.63, 3.8) is 0 Å². The Morgan fingerprint density at radius 1 is 0.857 bits per heavy atom. The second-order valence-electron chi connectivity index (χ2n) is 7.37. The summed E-state index contributed by atoms with van der Waals surface area (Å²) in [7, 11) is 1.40. The van der Waals surface area contributed by atoms with Gasteiger partial charge in [0.05, 0.1) is 68.6 Å². The van der Waals surface area contributed by atoms with Crippen molar-refractivity contribution in [2.75, 3.05) is 51.5 Å². The van der Waals surface area contributed by atoms with Crippen molar-refractivity contribution in [1.82, 2.24) is 10.6 Å². The number of ether oxygens (including phenoxy) is 1. The summed E-state index contributed by atoms with van der Waals surface area (Å²) in [5, 5.41) is 52.6. The SMILES string of the molecule is COC[C@H](O)CN(C(C)=O)c1c(I)c(C(=O)NC[C@H](O)CO)c(I)c(C(=O)NC[C@@H](O)CO)c1I. The molecule has 35 heavy (non-hydrogen) atoms. The van der Waals surface area contributed by atoms with Crippen LogP contribution in [0.25, 0.3) is 0 Å². The molecular formula is C20H28I3N3O9. The summed E-state index contributed by atoms with van der Waals surface area (Å²) in [5.41, 5.74) is 0.314. The monoisotopic (exact) mass is 835 g/mol. The van der Waals surface area contributed by atoms with Crippen molar-refractivity contribution in [2.45, 2.75) is 25.2 Å². The second kappa shape index (κ2) is 15.7. The predicted octanol–water partition coefficient (Wildman–Crippen LogP) is -0.973. The second-order valence-corrected chi connectivity index (χ2v) is 10.6. The molecule has 0 aromatic heterocycles. The minimum absolute atomic E-state index is 0.0482. The zero-order chi connectivity index (χ0) is 26.9. The van der Waals surface area contributed by atoms with Crippen molar-refractivity contribution in [3.05, 3.63) is 21.8 Å². The van der Waals surface area contributed by atoms with E-state index in [-0.39, 0.29) is 46.6 Å². The molecule has 3 atom stereocenters. The molecule has 0 radical (unpaired) electrons. The third-order valence-electron chi connectivity index (χ3n) is 4.57. The average molecular weight is 835 g/mol. The number of carbonyl (C=O) groups excluding carboxylic acids is 3. The quantitative estimate of drug-likeness (QED) is 0.123. The van der Waals surface area contributed by atoms with E-state index in [1.54, 1.807) is 0 Å². The molecule has 0 aliphatic rings. The van der Waals surface area contributed by atoms with Gasteiger partial charge in [0.15, 0.2) is 0 Å². The number of hydrogen-bond donors (Lipinski definition) is 7. The number of rotatable bonds is 13. The van der Waals surface area contributed by atoms with Crippen LogP contribution in [-0.2, 0) is 9.53 Å². The topological polar surface area (TPSA) is 189 Å². The Balaban J connectivity index is 3.72. The Kier molecular flexibility index (Phi) is 14.7. The third kappa shape index (κ3) is 9.13. The fourth-order valence-corrected chi connectivity index (χ4v) is 7.57. The van der Waals surface area contributed by atoms with Gasteiger partial charge in [-0.05, 0) is 67.8 Å². The van der Waals surface area contributed by atoms with E-state index in [1.165, 1.54) is 18.9 Å². The number of aliphatic hydroxyl groups is 5. The van der Waals surface area contributed by atoms with Gasteiger partial charge in [-0.1, -0.05) is 0 Å². The molecule has 3 amide bonds. The van der Waals surface area contributed by atoms with E-state index in [4.69, 9.17) is 14.9 Å². The van der Waals surface area contributed by atoms with Gasteiger partial charge >= 0.3 is 0 Å². The van der Waals surface area contributed by atoms with Crippen LogP contribution in [0.4, 0.5) is 5.69 Å². The molecule has 0 aliphatic heterocycles. The molecule has 0 heterocycles. The summed E-state index contributed by atoms with van der Waals surface area (Å²) in [6, 6.07) is 0. The fourth-order valence-electron chi connectivity index (χ4n) is 2.85. The van der Waals surface area contributed by atoms with Gasteiger partial charge in [-0.3, -0.25) is 14.4 Å². The first kappa shape index (κ1) is 32.6. The van der Waals surface area contributed by atoms with Crippen LogP contribution in [0.1, 0.15) is 27.6 Å². The zero-order valence-corrected chi connectivity index (χ0v) is 25.4. The minimum Gasteiger partial charge on any atom is -0.394 e. The van der Waals surface area contributed by atoms with Crippen LogP contribution in [0.3, 0.4) is 0 Å². The maximum Gasteiger partial charge on any atom is 0.253 e. The standard InChI is InChI=1S/C20H28I3N3O9/c1-9(29)26(5-12(32)8-35-2)18-16(22)13(19(33)24-3-10(30)6-27)15(21)14(17(18)23)20(34)25-4-11(31)7-28/h10-12,27-28,30-32H,3-8H2,1-2H3,(H,24,33)(H,25,34)/t10-,11+,12-/m1/s1. The first-order valence-corrected chi connectivity index (χ1v) is 13.4. The van der Waals surface area contributed by atoms with Crippen molar-refractivity contribution in [1.29, 1.82) is 0 Å². The average Bonchev–Trinajstić information content (AvgIpc) is 2.80. The molecule has 7 N–H and O–H groups in total. The molecule has 0 bridgehead atoms. The molecule has 0 spiro atoms. The number of methoxy groups -OCH3 is 1. The van der Waals surface area contributed by atoms with Crippen molar-refractivity contribution in [2.24, 2.45) is 0 Å². The Hall–Kier alpha value is -0.420. The lowest BCUT2D eigenvalue weighted by Crippen LogP contribution is -2.41. The Morgan fingerprint density at radius 3 is 1.63 bits per heavy atom. The smallest absolute Gasteiger partial charge is 0.253 e. The van der Waals surface area contributed by atoms with Gasteiger partial charge in [-0.25, -0.2) is 0 Å². The van der Waals surface area contributed by atoms with Crippen LogP contribution < -0.4 is 15.5 Å². The van der Waals surface area contributed by atoms with Crippen LogP contribution in [0, 0.1) is 10.7 Å². The third-order valence-corrected chi connectivity index (χ3v) is 7.75. The van der Waals surface area contributed by atoms with Crippen molar-refractivity contribution in [3.8, 4) is 0 Å². The molecule has 0 aliphatic carbocycles. The minimum atomic E-state index is -1.20. The highest BCUT2D eigenvalue weighted by atomic mass is 127. The normalized spacial score (nSPS) is 13.7. The number of halogens is 3. The van der Waals surface area contributed by atoms with Crippen LogP contribution in [0.5, 0.6) is 0 Å². The van der Waals surface area contributed by atoms with Gasteiger partial charge < -0.3 is 45.8 Å². The lowest BCUT2D eigenvalue weighted by atomic mass is 10.1. The number of benzene rings is 1. The lowest BCUT2D eigenvalue weighted by molar-refractivity contribution is -0.117. The molecule has 12 nitrogen and oxygen atoms in total. The predicted molar refractivity (Wildman–Crippen MR) is 151 cm³/mol. The molecule has 0 fully saturated rings. The summed E-state index contributed by atoms with van der Waals surface area (Å²) in [6.45, 7) is -0.597. The summed E-state index contributed by atoms with van der Waals surface area (Å²) >= 11 is 5.57. The molecule has 15 heteroatoms. The molecule has 198 valence electrons.